The molecule has 0 saturated heterocycles. The Morgan fingerprint density at radius 3 is 2.48 bits per heavy atom. The molecule has 1 atom stereocenters. The van der Waals surface area contributed by atoms with E-state index in [1.165, 1.54) is 31.2 Å². The first-order valence-electron chi connectivity index (χ1n) is 8.11. The average molecular weight is 485 g/mol. The topological polar surface area (TPSA) is 98.8 Å². The minimum Gasteiger partial charge on any atom is -0.461 e. The number of halogens is 4. The number of carbonyl (C=O) groups is 4. The molecule has 1 amide bonds. The molecule has 1 N–H and O–H groups in total. The third-order valence-electron chi connectivity index (χ3n) is 3.23. The number of carbonyl (C=O) groups excluding carboxylic acids is 4. The second kappa shape index (κ2) is 11.4. The van der Waals surface area contributed by atoms with E-state index >= 15 is 0 Å². The Bertz CT molecular complexity index is 806. The van der Waals surface area contributed by atoms with Crippen LogP contribution in [0.25, 0.3) is 0 Å². The lowest BCUT2D eigenvalue weighted by atomic mass is 10.2. The molecule has 0 saturated carbocycles. The maximum atomic E-state index is 12.3. The van der Waals surface area contributed by atoms with Crippen molar-refractivity contribution in [3.63, 3.8) is 0 Å². The summed E-state index contributed by atoms with van der Waals surface area (Å²) in [6, 6.07) is 4.02. The molecule has 0 radical (unpaired) electrons. The largest absolute Gasteiger partial charge is 0.461 e. The van der Waals surface area contributed by atoms with Crippen molar-refractivity contribution in [2.45, 2.75) is 29.7 Å². The highest BCUT2D eigenvalue weighted by molar-refractivity contribution is 6.76. The van der Waals surface area contributed by atoms with Gasteiger partial charge in [0.15, 0.2) is 5.78 Å². The number of alkyl halides is 3. The molecular formula is C18H17Cl4NO6. The molecule has 0 aliphatic rings. The Labute approximate surface area is 187 Å². The van der Waals surface area contributed by atoms with Crippen LogP contribution in [-0.4, -0.2) is 40.1 Å². The lowest BCUT2D eigenvalue weighted by Gasteiger charge is -2.14. The first kappa shape index (κ1) is 25.2. The SMILES string of the molecule is C=CCOC(=O)CC(C)OC(=O)c1cc(NC(=O)CC(=O)C(Cl)(Cl)Cl)ccc1Cl. The summed E-state index contributed by atoms with van der Waals surface area (Å²) in [5.74, 6) is -3.03. The maximum absolute atomic E-state index is 12.3. The minimum atomic E-state index is -2.21. The van der Waals surface area contributed by atoms with Crippen LogP contribution in [0.1, 0.15) is 30.1 Å². The molecule has 1 aromatic carbocycles. The van der Waals surface area contributed by atoms with Crippen molar-refractivity contribution >= 4 is 75.7 Å². The molecule has 1 unspecified atom stereocenters. The van der Waals surface area contributed by atoms with Gasteiger partial charge in [-0.25, -0.2) is 4.79 Å². The summed E-state index contributed by atoms with van der Waals surface area (Å²) in [7, 11) is 0. The van der Waals surface area contributed by atoms with Gasteiger partial charge in [0.1, 0.15) is 12.7 Å². The molecule has 0 aromatic heterocycles. The number of amides is 1. The molecule has 7 nitrogen and oxygen atoms in total. The zero-order valence-corrected chi connectivity index (χ0v) is 18.2. The molecule has 158 valence electrons. The number of nitrogens with one attached hydrogen (secondary N) is 1. The van der Waals surface area contributed by atoms with Crippen molar-refractivity contribution in [2.24, 2.45) is 0 Å². The molecule has 0 bridgehead atoms. The zero-order valence-electron chi connectivity index (χ0n) is 15.2. The zero-order chi connectivity index (χ0) is 22.2. The standard InChI is InChI=1S/C18H17Cl4NO6/c1-3-6-28-16(26)7-10(2)29-17(27)12-8-11(4-5-13(12)19)23-15(25)9-14(24)18(20,21)22/h3-5,8,10H,1,6-7,9H2,2H3,(H,23,25). The number of rotatable bonds is 9. The number of benzene rings is 1. The van der Waals surface area contributed by atoms with Crippen molar-refractivity contribution in [1.82, 2.24) is 0 Å². The molecule has 0 aliphatic carbocycles. The van der Waals surface area contributed by atoms with Crippen LogP contribution in [0.4, 0.5) is 5.69 Å². The summed E-state index contributed by atoms with van der Waals surface area (Å²) in [4.78, 5) is 47.3. The Balaban J connectivity index is 2.76. The van der Waals surface area contributed by atoms with Gasteiger partial charge in [0.2, 0.25) is 9.70 Å². The van der Waals surface area contributed by atoms with Gasteiger partial charge in [0, 0.05) is 5.69 Å². The molecule has 0 aliphatic heterocycles. The number of hydrogen-bond donors (Lipinski definition) is 1. The molecule has 0 spiro atoms. The van der Waals surface area contributed by atoms with Crippen LogP contribution in [0.5, 0.6) is 0 Å². The van der Waals surface area contributed by atoms with Gasteiger partial charge in [-0.1, -0.05) is 59.1 Å². The van der Waals surface area contributed by atoms with Gasteiger partial charge in [-0.3, -0.25) is 14.4 Å². The average Bonchev–Trinajstić information content (AvgIpc) is 2.60. The third-order valence-corrected chi connectivity index (χ3v) is 4.19. The maximum Gasteiger partial charge on any atom is 0.340 e. The van der Waals surface area contributed by atoms with E-state index in [1.807, 2.05) is 0 Å². The van der Waals surface area contributed by atoms with Gasteiger partial charge in [-0.2, -0.15) is 0 Å². The van der Waals surface area contributed by atoms with E-state index in [4.69, 9.17) is 55.9 Å². The normalized spacial score (nSPS) is 11.9. The first-order valence-corrected chi connectivity index (χ1v) is 9.62. The first-order chi connectivity index (χ1) is 13.4. The monoisotopic (exact) mass is 483 g/mol. The van der Waals surface area contributed by atoms with E-state index in [9.17, 15) is 19.2 Å². The van der Waals surface area contributed by atoms with Crippen molar-refractivity contribution in [2.75, 3.05) is 11.9 Å². The number of ketones is 1. The lowest BCUT2D eigenvalue weighted by molar-refractivity contribution is -0.144. The quantitative estimate of drug-likeness (QED) is 0.243. The summed E-state index contributed by atoms with van der Waals surface area (Å²) in [5.41, 5.74) is 0.116. The smallest absolute Gasteiger partial charge is 0.340 e. The summed E-state index contributed by atoms with van der Waals surface area (Å²) in [6.07, 6.45) is -0.207. The predicted molar refractivity (Wildman–Crippen MR) is 111 cm³/mol. The molecular weight excluding hydrogens is 468 g/mol. The van der Waals surface area contributed by atoms with Crippen LogP contribution in [0, 0.1) is 0 Å². The van der Waals surface area contributed by atoms with Gasteiger partial charge >= 0.3 is 11.9 Å². The Hall–Kier alpha value is -1.80. The van der Waals surface area contributed by atoms with E-state index < -0.39 is 39.9 Å². The number of esters is 2. The number of anilines is 1. The molecule has 11 heteroatoms. The van der Waals surface area contributed by atoms with Gasteiger partial charge in [0.25, 0.3) is 0 Å². The van der Waals surface area contributed by atoms with E-state index in [0.29, 0.717) is 0 Å². The fourth-order valence-corrected chi connectivity index (χ4v) is 2.34. The Morgan fingerprint density at radius 2 is 1.90 bits per heavy atom. The molecule has 29 heavy (non-hydrogen) atoms. The molecule has 0 fully saturated rings. The van der Waals surface area contributed by atoms with Crippen LogP contribution < -0.4 is 5.32 Å². The summed E-state index contributed by atoms with van der Waals surface area (Å²) < 4.78 is 7.77. The molecule has 0 heterocycles. The third kappa shape index (κ3) is 9.04. The van der Waals surface area contributed by atoms with Crippen molar-refractivity contribution in [3.8, 4) is 0 Å². The van der Waals surface area contributed by atoms with Gasteiger partial charge in [0.05, 0.1) is 23.4 Å². The van der Waals surface area contributed by atoms with Crippen molar-refractivity contribution < 1.29 is 28.7 Å². The van der Waals surface area contributed by atoms with Crippen LogP contribution in [0.2, 0.25) is 5.02 Å². The van der Waals surface area contributed by atoms with E-state index in [0.717, 1.165) is 0 Å². The van der Waals surface area contributed by atoms with Crippen molar-refractivity contribution in [1.29, 1.82) is 0 Å². The Kier molecular flexibility index (Phi) is 9.92. The number of ether oxygens (including phenoxy) is 2. The van der Waals surface area contributed by atoms with Crippen LogP contribution in [0.15, 0.2) is 30.9 Å². The predicted octanol–water partition coefficient (Wildman–Crippen LogP) is 4.27. The second-order valence-electron chi connectivity index (χ2n) is 5.73. The number of hydrogen-bond acceptors (Lipinski definition) is 6. The van der Waals surface area contributed by atoms with Gasteiger partial charge in [-0.05, 0) is 25.1 Å². The van der Waals surface area contributed by atoms with E-state index in [-0.39, 0.29) is 29.3 Å². The van der Waals surface area contributed by atoms with Crippen molar-refractivity contribution in [3.05, 3.63) is 41.4 Å². The summed E-state index contributed by atoms with van der Waals surface area (Å²) in [5, 5.41) is 2.45. The van der Waals surface area contributed by atoms with E-state index in [1.54, 1.807) is 0 Å². The minimum absolute atomic E-state index is 0.0495. The fourth-order valence-electron chi connectivity index (χ4n) is 1.94. The van der Waals surface area contributed by atoms with Crippen LogP contribution in [0.3, 0.4) is 0 Å². The van der Waals surface area contributed by atoms with Gasteiger partial charge in [-0.15, -0.1) is 0 Å². The van der Waals surface area contributed by atoms with E-state index in [2.05, 4.69) is 11.9 Å². The summed E-state index contributed by atoms with van der Waals surface area (Å²) in [6.45, 7) is 4.98. The Morgan fingerprint density at radius 1 is 1.24 bits per heavy atom. The highest BCUT2D eigenvalue weighted by Gasteiger charge is 2.31. The molecule has 1 aromatic rings. The number of Topliss-reactive ketones (excluding diaryl/α,β-unsaturated/α-hetero) is 1. The van der Waals surface area contributed by atoms with Crippen LogP contribution >= 0.6 is 46.4 Å². The van der Waals surface area contributed by atoms with Gasteiger partial charge < -0.3 is 14.8 Å². The highest BCUT2D eigenvalue weighted by atomic mass is 35.6. The highest BCUT2D eigenvalue weighted by Crippen LogP contribution is 2.28. The molecule has 1 rings (SSSR count). The fraction of sp³-hybridized carbons (Fsp3) is 0.333. The lowest BCUT2D eigenvalue weighted by Crippen LogP contribution is -2.25. The summed E-state index contributed by atoms with van der Waals surface area (Å²) >= 11 is 22.3. The van der Waals surface area contributed by atoms with Crippen LogP contribution in [-0.2, 0) is 23.9 Å². The second-order valence-corrected chi connectivity index (χ2v) is 8.42.